The zero-order valence-electron chi connectivity index (χ0n) is 12.2. The van der Waals surface area contributed by atoms with Crippen molar-refractivity contribution >= 4 is 17.6 Å². The average molecular weight is 298 g/mol. The Kier molecular flexibility index (Phi) is 2.72. The number of aryl methyl sites for hydroxylation is 1. The summed E-state index contributed by atoms with van der Waals surface area (Å²) in [7, 11) is 0. The van der Waals surface area contributed by atoms with Crippen molar-refractivity contribution in [2.45, 2.75) is 25.0 Å². The normalized spacial score (nSPS) is 35.2. The zero-order valence-corrected chi connectivity index (χ0v) is 12.2. The zero-order chi connectivity index (χ0) is 15.5. The molecule has 0 aliphatic carbocycles. The van der Waals surface area contributed by atoms with Crippen LogP contribution >= 0.6 is 0 Å². The number of para-hydroxylation sites is 1. The molecular weight excluding hydrogens is 282 g/mol. The number of aliphatic carboxylic acids is 1. The van der Waals surface area contributed by atoms with Gasteiger partial charge in [0.1, 0.15) is 5.60 Å². The topological polar surface area (TPSA) is 69.7 Å². The molecule has 0 saturated carbocycles. The number of hydrogen-bond acceptors (Lipinski definition) is 4. The molecule has 1 amide bonds. The van der Waals surface area contributed by atoms with Crippen LogP contribution in [0.3, 0.4) is 0 Å². The number of benzene rings is 1. The van der Waals surface area contributed by atoms with Crippen molar-refractivity contribution in [2.75, 3.05) is 11.4 Å². The van der Waals surface area contributed by atoms with E-state index in [-0.39, 0.29) is 5.91 Å². The quantitative estimate of drug-likeness (QED) is 0.752. The van der Waals surface area contributed by atoms with Crippen LogP contribution in [0.1, 0.15) is 12.5 Å². The summed E-state index contributed by atoms with van der Waals surface area (Å²) in [6, 6.07) is 7.71. The first kappa shape index (κ1) is 13.5. The van der Waals surface area contributed by atoms with Crippen LogP contribution in [0, 0.1) is 11.8 Å². The molecule has 2 fully saturated rings. The van der Waals surface area contributed by atoms with Crippen LogP contribution in [0.5, 0.6) is 0 Å². The highest BCUT2D eigenvalue weighted by Gasteiger charge is 2.65. The highest BCUT2D eigenvalue weighted by atomic mass is 16.5. The molecule has 1 spiro atoms. The molecule has 4 atom stereocenters. The summed E-state index contributed by atoms with van der Waals surface area (Å²) in [5.74, 6) is -2.96. The number of fused-ring (bicyclic) bond motifs is 1. The minimum Gasteiger partial charge on any atom is -0.550 e. The van der Waals surface area contributed by atoms with Crippen molar-refractivity contribution in [3.8, 4) is 0 Å². The number of carbonyl (C=O) groups excluding carboxylic acids is 2. The smallest absolute Gasteiger partial charge is 0.234 e. The summed E-state index contributed by atoms with van der Waals surface area (Å²) >= 11 is 0. The van der Waals surface area contributed by atoms with Crippen molar-refractivity contribution in [1.82, 2.24) is 0 Å². The third-order valence-electron chi connectivity index (χ3n) is 5.04. The summed E-state index contributed by atoms with van der Waals surface area (Å²) in [5.41, 5.74) is 1.10. The number of anilines is 1. The number of amides is 1. The molecule has 1 aromatic carbocycles. The van der Waals surface area contributed by atoms with Crippen molar-refractivity contribution in [1.29, 1.82) is 0 Å². The fourth-order valence-electron chi connectivity index (χ4n) is 4.04. The molecule has 5 heteroatoms. The Labute approximate surface area is 128 Å². The van der Waals surface area contributed by atoms with Crippen molar-refractivity contribution in [3.05, 3.63) is 42.0 Å². The molecule has 3 heterocycles. The molecule has 1 aromatic rings. The van der Waals surface area contributed by atoms with E-state index in [1.807, 2.05) is 37.3 Å². The minimum absolute atomic E-state index is 0.179. The first-order chi connectivity index (χ1) is 10.6. The maximum atomic E-state index is 12.9. The molecule has 22 heavy (non-hydrogen) atoms. The van der Waals surface area contributed by atoms with Gasteiger partial charge in [-0.1, -0.05) is 37.3 Å². The second-order valence-corrected chi connectivity index (χ2v) is 6.13. The molecule has 0 unspecified atom stereocenters. The Morgan fingerprint density at radius 2 is 2.23 bits per heavy atom. The van der Waals surface area contributed by atoms with Crippen molar-refractivity contribution in [3.63, 3.8) is 0 Å². The van der Waals surface area contributed by atoms with E-state index >= 15 is 0 Å². The molecule has 5 nitrogen and oxygen atoms in total. The van der Waals surface area contributed by atoms with Crippen LogP contribution in [0.4, 0.5) is 5.69 Å². The lowest BCUT2D eigenvalue weighted by molar-refractivity contribution is -0.313. The molecule has 0 radical (unpaired) electrons. The first-order valence-electron chi connectivity index (χ1n) is 7.55. The van der Waals surface area contributed by atoms with Gasteiger partial charge in [-0.2, -0.15) is 0 Å². The maximum Gasteiger partial charge on any atom is 0.234 e. The van der Waals surface area contributed by atoms with Crippen molar-refractivity contribution in [2.24, 2.45) is 11.8 Å². The summed E-state index contributed by atoms with van der Waals surface area (Å²) in [4.78, 5) is 26.0. The van der Waals surface area contributed by atoms with Gasteiger partial charge in [-0.05, 0) is 18.1 Å². The van der Waals surface area contributed by atoms with Crippen LogP contribution in [0.2, 0.25) is 0 Å². The maximum absolute atomic E-state index is 12.9. The molecule has 2 bridgehead atoms. The standard InChI is InChI=1S/C17H17NO4/c1-2-10-5-3-4-6-11(10)18-9-17-8-7-12(22-17)13(16(20)21)14(17)15(18)19/h3-8,12-14H,2,9H2,1H3,(H,20,21)/p-1/t12-,13+,14+,17-/m1/s1. The Bertz CT molecular complexity index is 698. The van der Waals surface area contributed by atoms with E-state index in [1.54, 1.807) is 11.0 Å². The number of rotatable bonds is 3. The van der Waals surface area contributed by atoms with Crippen molar-refractivity contribution < 1.29 is 19.4 Å². The second-order valence-electron chi connectivity index (χ2n) is 6.13. The van der Waals surface area contributed by atoms with E-state index in [0.29, 0.717) is 6.54 Å². The van der Waals surface area contributed by atoms with Crippen LogP contribution in [-0.4, -0.2) is 30.1 Å². The average Bonchev–Trinajstić information content (AvgIpc) is 3.15. The lowest BCUT2D eigenvalue weighted by Gasteiger charge is -2.24. The second kappa shape index (κ2) is 4.43. The molecule has 0 N–H and O–H groups in total. The molecule has 3 aliphatic heterocycles. The third-order valence-corrected chi connectivity index (χ3v) is 5.04. The lowest BCUT2D eigenvalue weighted by atomic mass is 9.77. The van der Waals surface area contributed by atoms with Crippen LogP contribution in [0.25, 0.3) is 0 Å². The molecule has 4 rings (SSSR count). The SMILES string of the molecule is CCc1ccccc1N1C[C@@]23C=C[C@@H](O2)[C@H](C(=O)[O-])[C@H]3C1=O. The fourth-order valence-corrected chi connectivity index (χ4v) is 4.04. The van der Waals surface area contributed by atoms with Crippen LogP contribution in [0.15, 0.2) is 36.4 Å². The van der Waals surface area contributed by atoms with Crippen LogP contribution < -0.4 is 10.0 Å². The van der Waals surface area contributed by atoms with Gasteiger partial charge in [0.05, 0.1) is 18.6 Å². The van der Waals surface area contributed by atoms with E-state index in [0.717, 1.165) is 17.7 Å². The number of carboxylic acid groups (broad SMARTS) is 1. The van der Waals surface area contributed by atoms with E-state index in [1.165, 1.54) is 0 Å². The van der Waals surface area contributed by atoms with Gasteiger partial charge < -0.3 is 19.5 Å². The Morgan fingerprint density at radius 1 is 1.45 bits per heavy atom. The number of ether oxygens (including phenoxy) is 1. The number of hydrogen-bond donors (Lipinski definition) is 0. The van der Waals surface area contributed by atoms with Gasteiger partial charge in [0.2, 0.25) is 5.91 Å². The molecule has 3 aliphatic rings. The van der Waals surface area contributed by atoms with Gasteiger partial charge >= 0.3 is 0 Å². The molecule has 114 valence electrons. The summed E-state index contributed by atoms with van der Waals surface area (Å²) in [6.45, 7) is 2.40. The number of nitrogens with zero attached hydrogens (tertiary/aromatic N) is 1. The van der Waals surface area contributed by atoms with Gasteiger partial charge in [0, 0.05) is 17.6 Å². The third kappa shape index (κ3) is 1.57. The van der Waals surface area contributed by atoms with E-state index in [2.05, 4.69) is 0 Å². The van der Waals surface area contributed by atoms with Gasteiger partial charge in [0.15, 0.2) is 0 Å². The summed E-state index contributed by atoms with van der Waals surface area (Å²) in [5, 5.41) is 11.4. The molecule has 0 aromatic heterocycles. The Morgan fingerprint density at radius 3 is 2.95 bits per heavy atom. The highest BCUT2D eigenvalue weighted by Crippen LogP contribution is 2.52. The Balaban J connectivity index is 1.77. The predicted molar refractivity (Wildman–Crippen MR) is 76.9 cm³/mol. The molecule has 2 saturated heterocycles. The van der Waals surface area contributed by atoms with Gasteiger partial charge in [-0.15, -0.1) is 0 Å². The highest BCUT2D eigenvalue weighted by molar-refractivity contribution is 6.02. The molecular formula is C17H16NO4-. The summed E-state index contributed by atoms with van der Waals surface area (Å²) in [6.07, 6.45) is 3.87. The number of carboxylic acids is 1. The van der Waals surface area contributed by atoms with E-state index in [9.17, 15) is 14.7 Å². The van der Waals surface area contributed by atoms with E-state index < -0.39 is 29.5 Å². The lowest BCUT2D eigenvalue weighted by Crippen LogP contribution is -2.45. The monoisotopic (exact) mass is 298 g/mol. The largest absolute Gasteiger partial charge is 0.550 e. The first-order valence-corrected chi connectivity index (χ1v) is 7.55. The Hall–Kier alpha value is -2.14. The van der Waals surface area contributed by atoms with E-state index in [4.69, 9.17) is 4.74 Å². The van der Waals surface area contributed by atoms with Gasteiger partial charge in [-0.25, -0.2) is 0 Å². The number of carbonyl (C=O) groups is 2. The minimum atomic E-state index is -1.21. The van der Waals surface area contributed by atoms with Crippen LogP contribution in [-0.2, 0) is 20.7 Å². The fraction of sp³-hybridized carbons (Fsp3) is 0.412. The van der Waals surface area contributed by atoms with Gasteiger partial charge in [0.25, 0.3) is 0 Å². The summed E-state index contributed by atoms with van der Waals surface area (Å²) < 4.78 is 5.86. The predicted octanol–water partition coefficient (Wildman–Crippen LogP) is 0.285. The van der Waals surface area contributed by atoms with Gasteiger partial charge in [-0.3, -0.25) is 4.79 Å².